The summed E-state index contributed by atoms with van der Waals surface area (Å²) in [7, 11) is 0. The molecule has 0 saturated heterocycles. The second kappa shape index (κ2) is 4.95. The highest BCUT2D eigenvalue weighted by Crippen LogP contribution is 2.30. The molecule has 2 aromatic carbocycles. The number of nitro groups is 1. The minimum absolute atomic E-state index is 0.00582. The summed E-state index contributed by atoms with van der Waals surface area (Å²) in [4.78, 5) is 18.6. The molecule has 3 N–H and O–H groups in total. The van der Waals surface area contributed by atoms with Crippen molar-refractivity contribution in [1.82, 2.24) is 9.97 Å². The Labute approximate surface area is 118 Å². The lowest BCUT2D eigenvalue weighted by Gasteiger charge is -1.97. The average Bonchev–Trinajstić information content (AvgIpc) is 2.91. The third-order valence-electron chi connectivity index (χ3n) is 2.92. The summed E-state index contributed by atoms with van der Waals surface area (Å²) in [6, 6.07) is 12.5. The number of hydrogen-bond donors (Lipinski definition) is 2. The van der Waals surface area contributed by atoms with Gasteiger partial charge in [-0.05, 0) is 11.9 Å². The SMILES string of the molecule is NSc1cc([N+](=O)[O-])cc2[nH]c(-c3ccccc3)nc12. The number of fused-ring (bicyclic) bond motifs is 1. The summed E-state index contributed by atoms with van der Waals surface area (Å²) in [6.07, 6.45) is 0. The van der Waals surface area contributed by atoms with E-state index in [2.05, 4.69) is 9.97 Å². The summed E-state index contributed by atoms with van der Waals surface area (Å²) >= 11 is 0.951. The molecule has 0 amide bonds. The number of nitrogens with two attached hydrogens (primary N) is 1. The molecule has 0 spiro atoms. The van der Waals surface area contributed by atoms with Crippen LogP contribution in [0.5, 0.6) is 0 Å². The Bertz CT molecular complexity index is 786. The van der Waals surface area contributed by atoms with E-state index in [1.165, 1.54) is 12.1 Å². The fraction of sp³-hybridized carbons (Fsp3) is 0. The number of non-ortho nitro benzene ring substituents is 1. The lowest BCUT2D eigenvalue weighted by atomic mass is 10.2. The molecule has 3 aromatic rings. The number of hydrogen-bond acceptors (Lipinski definition) is 5. The number of imidazole rings is 1. The monoisotopic (exact) mass is 286 g/mol. The van der Waals surface area contributed by atoms with Gasteiger partial charge in [0, 0.05) is 17.7 Å². The molecule has 1 heterocycles. The molecule has 0 aliphatic carbocycles. The predicted octanol–water partition coefficient (Wildman–Crippen LogP) is 3.10. The molecule has 0 fully saturated rings. The van der Waals surface area contributed by atoms with Gasteiger partial charge in [-0.3, -0.25) is 15.3 Å². The van der Waals surface area contributed by atoms with E-state index in [0.717, 1.165) is 17.5 Å². The van der Waals surface area contributed by atoms with Crippen LogP contribution in [0.25, 0.3) is 22.4 Å². The minimum Gasteiger partial charge on any atom is -0.338 e. The first-order chi connectivity index (χ1) is 9.69. The summed E-state index contributed by atoms with van der Waals surface area (Å²) in [6.45, 7) is 0. The highest BCUT2D eigenvalue weighted by molar-refractivity contribution is 7.97. The molecular weight excluding hydrogens is 276 g/mol. The largest absolute Gasteiger partial charge is 0.338 e. The van der Waals surface area contributed by atoms with Crippen molar-refractivity contribution < 1.29 is 4.92 Å². The summed E-state index contributed by atoms with van der Waals surface area (Å²) in [5.74, 6) is 0.663. The third kappa shape index (κ3) is 2.13. The van der Waals surface area contributed by atoms with E-state index in [0.29, 0.717) is 21.8 Å². The fourth-order valence-corrected chi connectivity index (χ4v) is 2.46. The Kier molecular flexibility index (Phi) is 3.13. The van der Waals surface area contributed by atoms with Gasteiger partial charge in [-0.15, -0.1) is 0 Å². The Morgan fingerprint density at radius 2 is 2.00 bits per heavy atom. The second-order valence-electron chi connectivity index (χ2n) is 4.17. The number of benzene rings is 2. The number of aromatic nitrogens is 2. The van der Waals surface area contributed by atoms with E-state index in [1.807, 2.05) is 30.3 Å². The van der Waals surface area contributed by atoms with Crippen molar-refractivity contribution in [1.29, 1.82) is 0 Å². The maximum absolute atomic E-state index is 10.9. The van der Waals surface area contributed by atoms with Crippen LogP contribution < -0.4 is 5.14 Å². The third-order valence-corrected chi connectivity index (χ3v) is 3.49. The van der Waals surface area contributed by atoms with E-state index in [-0.39, 0.29) is 5.69 Å². The maximum Gasteiger partial charge on any atom is 0.272 e. The molecule has 0 atom stereocenters. The first-order valence-corrected chi connectivity index (χ1v) is 6.67. The zero-order valence-corrected chi connectivity index (χ0v) is 11.1. The highest BCUT2D eigenvalue weighted by Gasteiger charge is 2.15. The van der Waals surface area contributed by atoms with Crippen molar-refractivity contribution >= 4 is 28.7 Å². The number of nitrogens with zero attached hydrogens (tertiary/aromatic N) is 2. The Hall–Kier alpha value is -2.38. The van der Waals surface area contributed by atoms with Crippen LogP contribution in [0.4, 0.5) is 5.69 Å². The van der Waals surface area contributed by atoms with Crippen LogP contribution in [0.1, 0.15) is 0 Å². The van der Waals surface area contributed by atoms with Crippen LogP contribution in [-0.2, 0) is 0 Å². The predicted molar refractivity (Wildman–Crippen MR) is 78.2 cm³/mol. The van der Waals surface area contributed by atoms with E-state index < -0.39 is 4.92 Å². The molecule has 0 saturated carbocycles. The normalized spacial score (nSPS) is 10.8. The average molecular weight is 286 g/mol. The van der Waals surface area contributed by atoms with Crippen LogP contribution >= 0.6 is 11.9 Å². The molecule has 0 bridgehead atoms. The van der Waals surface area contributed by atoms with Gasteiger partial charge in [-0.2, -0.15) is 0 Å². The molecular formula is C13H10N4O2S. The number of H-pyrrole nitrogens is 1. The Morgan fingerprint density at radius 3 is 2.65 bits per heavy atom. The van der Waals surface area contributed by atoms with Crippen LogP contribution in [0.2, 0.25) is 0 Å². The summed E-state index contributed by atoms with van der Waals surface area (Å²) in [5.41, 5.74) is 2.15. The molecule has 3 rings (SSSR count). The highest BCUT2D eigenvalue weighted by atomic mass is 32.2. The van der Waals surface area contributed by atoms with Crippen LogP contribution in [0.15, 0.2) is 47.4 Å². The topological polar surface area (TPSA) is 97.8 Å². The Balaban J connectivity index is 2.22. The standard InChI is InChI=1S/C13H10N4O2S/c14-20-11-7-9(17(18)19)6-10-12(11)16-13(15-10)8-4-2-1-3-5-8/h1-7H,14H2,(H,15,16). The number of rotatable bonds is 3. The fourth-order valence-electron chi connectivity index (χ4n) is 2.00. The summed E-state index contributed by atoms with van der Waals surface area (Å²) < 4.78 is 0. The smallest absolute Gasteiger partial charge is 0.272 e. The number of nitro benzene ring substituents is 1. The lowest BCUT2D eigenvalue weighted by Crippen LogP contribution is -1.90. The molecule has 7 heteroatoms. The van der Waals surface area contributed by atoms with Gasteiger partial charge in [-0.1, -0.05) is 30.3 Å². The molecule has 0 aliphatic heterocycles. The zero-order valence-electron chi connectivity index (χ0n) is 10.2. The first kappa shape index (κ1) is 12.6. The minimum atomic E-state index is -0.442. The van der Waals surface area contributed by atoms with Crippen LogP contribution in [-0.4, -0.2) is 14.9 Å². The summed E-state index contributed by atoms with van der Waals surface area (Å²) in [5, 5.41) is 16.5. The Morgan fingerprint density at radius 1 is 1.25 bits per heavy atom. The van der Waals surface area contributed by atoms with Crippen molar-refractivity contribution in [2.24, 2.45) is 5.14 Å². The first-order valence-electron chi connectivity index (χ1n) is 5.79. The van der Waals surface area contributed by atoms with Crippen molar-refractivity contribution in [3.8, 4) is 11.4 Å². The van der Waals surface area contributed by atoms with Gasteiger partial charge in [0.05, 0.1) is 15.3 Å². The number of nitrogens with one attached hydrogen (secondary N) is 1. The molecule has 0 aliphatic rings. The van der Waals surface area contributed by atoms with Crippen molar-refractivity contribution in [3.05, 3.63) is 52.6 Å². The molecule has 100 valence electrons. The molecule has 6 nitrogen and oxygen atoms in total. The van der Waals surface area contributed by atoms with E-state index >= 15 is 0 Å². The van der Waals surface area contributed by atoms with E-state index in [1.54, 1.807) is 0 Å². The van der Waals surface area contributed by atoms with Gasteiger partial charge in [-0.25, -0.2) is 4.98 Å². The van der Waals surface area contributed by atoms with Gasteiger partial charge < -0.3 is 4.98 Å². The maximum atomic E-state index is 10.9. The van der Waals surface area contributed by atoms with Gasteiger partial charge in [0.2, 0.25) is 0 Å². The van der Waals surface area contributed by atoms with E-state index in [4.69, 9.17) is 5.14 Å². The number of aromatic amines is 1. The van der Waals surface area contributed by atoms with E-state index in [9.17, 15) is 10.1 Å². The second-order valence-corrected chi connectivity index (χ2v) is 4.84. The molecule has 0 radical (unpaired) electrons. The van der Waals surface area contributed by atoms with Crippen LogP contribution in [0, 0.1) is 10.1 Å². The molecule has 0 unspecified atom stereocenters. The quantitative estimate of drug-likeness (QED) is 0.438. The lowest BCUT2D eigenvalue weighted by molar-refractivity contribution is -0.384. The zero-order chi connectivity index (χ0) is 14.1. The van der Waals surface area contributed by atoms with Gasteiger partial charge in [0.1, 0.15) is 11.3 Å². The van der Waals surface area contributed by atoms with Crippen molar-refractivity contribution in [2.75, 3.05) is 0 Å². The molecule has 20 heavy (non-hydrogen) atoms. The van der Waals surface area contributed by atoms with Crippen molar-refractivity contribution in [3.63, 3.8) is 0 Å². The van der Waals surface area contributed by atoms with Gasteiger partial charge in [0.15, 0.2) is 0 Å². The van der Waals surface area contributed by atoms with Gasteiger partial charge in [0.25, 0.3) is 5.69 Å². The van der Waals surface area contributed by atoms with Gasteiger partial charge >= 0.3 is 0 Å². The van der Waals surface area contributed by atoms with Crippen molar-refractivity contribution in [2.45, 2.75) is 4.90 Å². The molecule has 1 aromatic heterocycles. The van der Waals surface area contributed by atoms with Crippen LogP contribution in [0.3, 0.4) is 0 Å².